The summed E-state index contributed by atoms with van der Waals surface area (Å²) in [5.41, 5.74) is 5.53. The van der Waals surface area contributed by atoms with Gasteiger partial charge >= 0.3 is 0 Å². The van der Waals surface area contributed by atoms with Crippen molar-refractivity contribution in [3.8, 4) is 0 Å². The molecule has 0 saturated carbocycles. The molecule has 0 saturated heterocycles. The summed E-state index contributed by atoms with van der Waals surface area (Å²) in [5.74, 6) is 0.127. The van der Waals surface area contributed by atoms with Crippen molar-refractivity contribution in [2.24, 2.45) is 11.7 Å². The van der Waals surface area contributed by atoms with Gasteiger partial charge in [-0.15, -0.1) is 0 Å². The lowest BCUT2D eigenvalue weighted by atomic mass is 10.1. The van der Waals surface area contributed by atoms with Gasteiger partial charge in [-0.2, -0.15) is 0 Å². The first-order chi connectivity index (χ1) is 8.76. The second kappa shape index (κ2) is 12.9. The third kappa shape index (κ3) is 9.46. The third-order valence-electron chi connectivity index (χ3n) is 3.48. The molecule has 3 N–H and O–H groups in total. The quantitative estimate of drug-likeness (QED) is 0.527. The molecular weight excluding hydrogens is 224 g/mol. The van der Waals surface area contributed by atoms with Gasteiger partial charge in [-0.1, -0.05) is 58.8 Å². The maximum atomic E-state index is 11.6. The van der Waals surface area contributed by atoms with Gasteiger partial charge in [0.25, 0.3) is 0 Å². The van der Waals surface area contributed by atoms with Crippen LogP contribution in [0.15, 0.2) is 0 Å². The van der Waals surface area contributed by atoms with E-state index in [9.17, 15) is 4.79 Å². The number of unbranched alkanes of at least 4 members (excludes halogenated alkanes) is 7. The molecule has 1 amide bonds. The summed E-state index contributed by atoms with van der Waals surface area (Å²) in [6, 6.07) is 0. The van der Waals surface area contributed by atoms with Gasteiger partial charge in [-0.05, 0) is 12.8 Å². The van der Waals surface area contributed by atoms with E-state index >= 15 is 0 Å². The molecule has 1 unspecified atom stereocenters. The van der Waals surface area contributed by atoms with Crippen molar-refractivity contribution in [3.63, 3.8) is 0 Å². The van der Waals surface area contributed by atoms with Gasteiger partial charge < -0.3 is 11.1 Å². The largest absolute Gasteiger partial charge is 0.356 e. The van der Waals surface area contributed by atoms with Crippen molar-refractivity contribution in [2.45, 2.75) is 71.6 Å². The van der Waals surface area contributed by atoms with Crippen LogP contribution in [0.5, 0.6) is 0 Å². The van der Waals surface area contributed by atoms with E-state index in [1.54, 1.807) is 0 Å². The normalized spacial score (nSPS) is 12.4. The Morgan fingerprint density at radius 3 is 2.06 bits per heavy atom. The number of hydrogen-bond acceptors (Lipinski definition) is 2. The maximum absolute atomic E-state index is 11.6. The van der Waals surface area contributed by atoms with Crippen LogP contribution >= 0.6 is 0 Å². The third-order valence-corrected chi connectivity index (χ3v) is 3.48. The van der Waals surface area contributed by atoms with Crippen LogP contribution in [-0.4, -0.2) is 19.0 Å². The average Bonchev–Trinajstić information content (AvgIpc) is 2.38. The fourth-order valence-corrected chi connectivity index (χ4v) is 2.07. The van der Waals surface area contributed by atoms with Crippen molar-refractivity contribution < 1.29 is 4.79 Å². The highest BCUT2D eigenvalue weighted by atomic mass is 16.1. The zero-order chi connectivity index (χ0) is 13.6. The van der Waals surface area contributed by atoms with E-state index in [0.717, 1.165) is 19.4 Å². The summed E-state index contributed by atoms with van der Waals surface area (Å²) in [6.45, 7) is 5.52. The van der Waals surface area contributed by atoms with Crippen molar-refractivity contribution in [2.75, 3.05) is 13.1 Å². The molecule has 0 aliphatic carbocycles. The molecule has 0 aromatic heterocycles. The zero-order valence-corrected chi connectivity index (χ0v) is 12.3. The first-order valence-corrected chi connectivity index (χ1v) is 7.74. The molecule has 0 rings (SSSR count). The molecule has 0 spiro atoms. The lowest BCUT2D eigenvalue weighted by Gasteiger charge is -2.12. The minimum Gasteiger partial charge on any atom is -0.356 e. The van der Waals surface area contributed by atoms with Crippen molar-refractivity contribution in [1.29, 1.82) is 0 Å². The SMILES string of the molecule is CCCCCCCCCCNC(=O)C(CC)CN. The summed E-state index contributed by atoms with van der Waals surface area (Å²) in [5, 5.41) is 2.98. The fourth-order valence-electron chi connectivity index (χ4n) is 2.07. The summed E-state index contributed by atoms with van der Waals surface area (Å²) in [6.07, 6.45) is 11.2. The summed E-state index contributed by atoms with van der Waals surface area (Å²) < 4.78 is 0. The number of hydrogen-bond donors (Lipinski definition) is 2. The molecule has 0 heterocycles. The molecule has 0 bridgehead atoms. The molecule has 3 heteroatoms. The molecule has 108 valence electrons. The van der Waals surface area contributed by atoms with Crippen LogP contribution in [0.4, 0.5) is 0 Å². The minimum absolute atomic E-state index is 0.000885. The number of nitrogens with one attached hydrogen (secondary N) is 1. The standard InChI is InChI=1S/C15H32N2O/c1-3-5-6-7-8-9-10-11-12-17-15(18)14(4-2)13-16/h14H,3-13,16H2,1-2H3,(H,17,18). The van der Waals surface area contributed by atoms with Crippen LogP contribution in [0, 0.1) is 5.92 Å². The van der Waals surface area contributed by atoms with E-state index in [1.165, 1.54) is 44.9 Å². The van der Waals surface area contributed by atoms with Crippen LogP contribution in [-0.2, 0) is 4.79 Å². The minimum atomic E-state index is -0.000885. The Morgan fingerprint density at radius 2 is 1.56 bits per heavy atom. The number of carbonyl (C=O) groups is 1. The Morgan fingerprint density at radius 1 is 1.00 bits per heavy atom. The topological polar surface area (TPSA) is 55.1 Å². The molecular formula is C15H32N2O. The molecule has 18 heavy (non-hydrogen) atoms. The Labute approximate surface area is 113 Å². The van der Waals surface area contributed by atoms with Gasteiger partial charge in [0.2, 0.25) is 5.91 Å². The number of rotatable bonds is 12. The summed E-state index contributed by atoms with van der Waals surface area (Å²) in [7, 11) is 0. The van der Waals surface area contributed by atoms with Gasteiger partial charge in [0.05, 0.1) is 0 Å². The van der Waals surface area contributed by atoms with E-state index in [2.05, 4.69) is 12.2 Å². The van der Waals surface area contributed by atoms with E-state index in [1.807, 2.05) is 6.92 Å². The second-order valence-electron chi connectivity index (χ2n) is 5.11. The molecule has 0 aliphatic heterocycles. The van der Waals surface area contributed by atoms with Crippen molar-refractivity contribution in [1.82, 2.24) is 5.32 Å². The first kappa shape index (κ1) is 17.4. The Kier molecular flexibility index (Phi) is 12.5. The van der Waals surface area contributed by atoms with E-state index in [4.69, 9.17) is 5.73 Å². The molecule has 1 atom stereocenters. The molecule has 0 aromatic carbocycles. The lowest BCUT2D eigenvalue weighted by Crippen LogP contribution is -2.35. The monoisotopic (exact) mass is 256 g/mol. The summed E-state index contributed by atoms with van der Waals surface area (Å²) >= 11 is 0. The van der Waals surface area contributed by atoms with Gasteiger partial charge in [0.1, 0.15) is 0 Å². The predicted octanol–water partition coefficient (Wildman–Crippen LogP) is 3.23. The highest BCUT2D eigenvalue weighted by molar-refractivity contribution is 5.78. The Bertz CT molecular complexity index is 191. The van der Waals surface area contributed by atoms with Crippen molar-refractivity contribution in [3.05, 3.63) is 0 Å². The fraction of sp³-hybridized carbons (Fsp3) is 0.933. The van der Waals surface area contributed by atoms with Gasteiger partial charge in [-0.3, -0.25) is 4.79 Å². The lowest BCUT2D eigenvalue weighted by molar-refractivity contribution is -0.124. The smallest absolute Gasteiger partial charge is 0.224 e. The Hall–Kier alpha value is -0.570. The highest BCUT2D eigenvalue weighted by Crippen LogP contribution is 2.08. The number of carbonyl (C=O) groups excluding carboxylic acids is 1. The van der Waals surface area contributed by atoms with Crippen LogP contribution in [0.25, 0.3) is 0 Å². The van der Waals surface area contributed by atoms with Gasteiger partial charge in [0.15, 0.2) is 0 Å². The van der Waals surface area contributed by atoms with Gasteiger partial charge in [0, 0.05) is 19.0 Å². The van der Waals surface area contributed by atoms with Crippen LogP contribution in [0.2, 0.25) is 0 Å². The van der Waals surface area contributed by atoms with Crippen molar-refractivity contribution >= 4 is 5.91 Å². The Balaban J connectivity index is 3.27. The highest BCUT2D eigenvalue weighted by Gasteiger charge is 2.12. The number of amides is 1. The maximum Gasteiger partial charge on any atom is 0.224 e. The molecule has 0 aliphatic rings. The van der Waals surface area contributed by atoms with E-state index in [-0.39, 0.29) is 11.8 Å². The van der Waals surface area contributed by atoms with Gasteiger partial charge in [-0.25, -0.2) is 0 Å². The predicted molar refractivity (Wildman–Crippen MR) is 78.5 cm³/mol. The second-order valence-corrected chi connectivity index (χ2v) is 5.11. The van der Waals surface area contributed by atoms with Crippen LogP contribution < -0.4 is 11.1 Å². The summed E-state index contributed by atoms with van der Waals surface area (Å²) in [4.78, 5) is 11.6. The van der Waals surface area contributed by atoms with E-state index in [0.29, 0.717) is 6.54 Å². The molecule has 0 fully saturated rings. The van der Waals surface area contributed by atoms with Crippen LogP contribution in [0.3, 0.4) is 0 Å². The molecule has 0 aromatic rings. The average molecular weight is 256 g/mol. The first-order valence-electron chi connectivity index (χ1n) is 7.74. The molecule has 3 nitrogen and oxygen atoms in total. The van der Waals surface area contributed by atoms with Crippen LogP contribution in [0.1, 0.15) is 71.6 Å². The zero-order valence-electron chi connectivity index (χ0n) is 12.3. The number of nitrogens with two attached hydrogens (primary N) is 1. The van der Waals surface area contributed by atoms with E-state index < -0.39 is 0 Å². The molecule has 0 radical (unpaired) electrons.